The summed E-state index contributed by atoms with van der Waals surface area (Å²) >= 11 is 0. The lowest BCUT2D eigenvalue weighted by Crippen LogP contribution is -2.32. The van der Waals surface area contributed by atoms with Crippen molar-refractivity contribution in [3.63, 3.8) is 0 Å². The molecule has 2 N–H and O–H groups in total. The van der Waals surface area contributed by atoms with Crippen molar-refractivity contribution in [1.82, 2.24) is 20.3 Å². The van der Waals surface area contributed by atoms with Gasteiger partial charge in [0.05, 0.1) is 25.8 Å². The Hall–Kier alpha value is -4.05. The maximum Gasteiger partial charge on any atom is 0.328 e. The van der Waals surface area contributed by atoms with Gasteiger partial charge in [-0.1, -0.05) is 18.2 Å². The van der Waals surface area contributed by atoms with Crippen LogP contribution in [0.5, 0.6) is 23.5 Å². The zero-order valence-corrected chi connectivity index (χ0v) is 18.9. The number of rotatable bonds is 8. The number of carbonyl (C=O) groups is 2. The van der Waals surface area contributed by atoms with Crippen molar-refractivity contribution in [2.75, 3.05) is 32.6 Å². The second-order valence-electron chi connectivity index (χ2n) is 7.58. The topological polar surface area (TPSA) is 125 Å². The molecular weight excluding hydrogens is 438 g/mol. The van der Waals surface area contributed by atoms with Crippen molar-refractivity contribution in [3.05, 3.63) is 59.8 Å². The lowest BCUT2D eigenvalue weighted by atomic mass is 9.92. The van der Waals surface area contributed by atoms with Gasteiger partial charge in [0.1, 0.15) is 17.3 Å². The van der Waals surface area contributed by atoms with Crippen LogP contribution >= 0.6 is 0 Å². The number of Topliss-reactive ketones (excluding diaryl/α,β-unsaturated/α-hetero) is 1. The van der Waals surface area contributed by atoms with Crippen molar-refractivity contribution < 1.29 is 23.8 Å². The van der Waals surface area contributed by atoms with E-state index in [1.807, 2.05) is 0 Å². The van der Waals surface area contributed by atoms with Gasteiger partial charge in [0.25, 0.3) is 5.91 Å². The third kappa shape index (κ3) is 5.46. The quantitative estimate of drug-likeness (QED) is 0.485. The van der Waals surface area contributed by atoms with Crippen molar-refractivity contribution in [3.8, 4) is 23.5 Å². The number of carbonyl (C=O) groups excluding carboxylic acids is 2. The summed E-state index contributed by atoms with van der Waals surface area (Å²) in [4.78, 5) is 38.5. The molecule has 34 heavy (non-hydrogen) atoms. The minimum atomic E-state index is -0.454. The summed E-state index contributed by atoms with van der Waals surface area (Å²) in [6, 6.07) is 13.1. The number of ether oxygens (including phenoxy) is 3. The maximum absolute atomic E-state index is 13.0. The fourth-order valence-electron chi connectivity index (χ4n) is 3.60. The maximum atomic E-state index is 13.0. The lowest BCUT2D eigenvalue weighted by molar-refractivity contribution is 0.0889. The van der Waals surface area contributed by atoms with Crippen LogP contribution in [0.2, 0.25) is 0 Å². The van der Waals surface area contributed by atoms with Crippen molar-refractivity contribution in [2.24, 2.45) is 5.92 Å². The number of para-hydroxylation sites is 1. The Morgan fingerprint density at radius 1 is 0.941 bits per heavy atom. The van der Waals surface area contributed by atoms with Gasteiger partial charge in [-0.15, -0.1) is 0 Å². The van der Waals surface area contributed by atoms with Gasteiger partial charge in [-0.05, 0) is 50.2 Å². The summed E-state index contributed by atoms with van der Waals surface area (Å²) in [5.41, 5.74) is 0.580. The number of methoxy groups -OCH3 is 2. The largest absolute Gasteiger partial charge is 0.481 e. The second-order valence-corrected chi connectivity index (χ2v) is 7.58. The highest BCUT2D eigenvalue weighted by atomic mass is 16.5. The second kappa shape index (κ2) is 10.7. The fraction of sp³-hybridized carbons (Fsp3) is 0.292. The standard InChI is InChI=1S/C24H25N5O5/c1-32-20-14-21(33-2)29-24(28-20)34-18-8-4-3-6-16(18)23(31)27-19-9-5-7-17(26-19)22(30)15-10-12-25-13-11-15/h3-9,14-15,25H,10-13H2,1-2H3,(H,26,27,31). The van der Waals surface area contributed by atoms with Gasteiger partial charge < -0.3 is 24.8 Å². The smallest absolute Gasteiger partial charge is 0.328 e. The molecule has 3 heterocycles. The minimum absolute atomic E-state index is 0.00884. The van der Waals surface area contributed by atoms with E-state index in [-0.39, 0.29) is 46.6 Å². The van der Waals surface area contributed by atoms with Crippen LogP contribution in [-0.2, 0) is 0 Å². The summed E-state index contributed by atoms with van der Waals surface area (Å²) in [5, 5.41) is 5.99. The monoisotopic (exact) mass is 463 g/mol. The molecule has 2 aromatic heterocycles. The molecule has 0 atom stereocenters. The van der Waals surface area contributed by atoms with Crippen LogP contribution in [0.15, 0.2) is 48.5 Å². The highest BCUT2D eigenvalue weighted by Gasteiger charge is 2.23. The minimum Gasteiger partial charge on any atom is -0.481 e. The highest BCUT2D eigenvalue weighted by Crippen LogP contribution is 2.27. The Kier molecular flexibility index (Phi) is 7.28. The average molecular weight is 463 g/mol. The molecule has 1 fully saturated rings. The summed E-state index contributed by atoms with van der Waals surface area (Å²) in [7, 11) is 2.92. The first-order valence-corrected chi connectivity index (χ1v) is 10.8. The number of nitrogens with one attached hydrogen (secondary N) is 2. The summed E-state index contributed by atoms with van der Waals surface area (Å²) in [5.74, 6) is 0.492. The summed E-state index contributed by atoms with van der Waals surface area (Å²) in [6.07, 6.45) is 1.55. The number of nitrogens with zero attached hydrogens (tertiary/aromatic N) is 3. The van der Waals surface area contributed by atoms with E-state index in [9.17, 15) is 9.59 Å². The van der Waals surface area contributed by atoms with Crippen LogP contribution in [0.4, 0.5) is 5.82 Å². The molecule has 0 spiro atoms. The molecule has 1 saturated heterocycles. The zero-order valence-electron chi connectivity index (χ0n) is 18.9. The van der Waals surface area contributed by atoms with E-state index in [0.29, 0.717) is 5.69 Å². The van der Waals surface area contributed by atoms with Crippen LogP contribution in [0.1, 0.15) is 33.7 Å². The lowest BCUT2D eigenvalue weighted by Gasteiger charge is -2.21. The number of ketones is 1. The molecule has 10 nitrogen and oxygen atoms in total. The Bertz CT molecular complexity index is 1160. The average Bonchev–Trinajstić information content (AvgIpc) is 2.89. The molecular formula is C24H25N5O5. The zero-order chi connectivity index (χ0) is 23.9. The van der Waals surface area contributed by atoms with E-state index in [0.717, 1.165) is 25.9 Å². The molecule has 3 aromatic rings. The van der Waals surface area contributed by atoms with Crippen LogP contribution in [0, 0.1) is 5.92 Å². The van der Waals surface area contributed by atoms with Gasteiger partial charge in [-0.2, -0.15) is 9.97 Å². The normalized spacial score (nSPS) is 13.7. The number of benzene rings is 1. The number of pyridine rings is 1. The van der Waals surface area contributed by atoms with Crippen LogP contribution < -0.4 is 24.8 Å². The molecule has 1 aromatic carbocycles. The Morgan fingerprint density at radius 2 is 1.65 bits per heavy atom. The molecule has 0 bridgehead atoms. The van der Waals surface area contributed by atoms with Gasteiger partial charge in [-0.3, -0.25) is 9.59 Å². The Labute approximate surface area is 196 Å². The molecule has 1 amide bonds. The van der Waals surface area contributed by atoms with E-state index in [4.69, 9.17) is 14.2 Å². The van der Waals surface area contributed by atoms with E-state index in [2.05, 4.69) is 25.6 Å². The first-order valence-electron chi connectivity index (χ1n) is 10.8. The third-order valence-electron chi connectivity index (χ3n) is 5.36. The molecule has 1 aliphatic rings. The van der Waals surface area contributed by atoms with Crippen LogP contribution in [0.25, 0.3) is 0 Å². The molecule has 1 aliphatic heterocycles. The highest BCUT2D eigenvalue weighted by molar-refractivity contribution is 6.06. The van der Waals surface area contributed by atoms with Crippen molar-refractivity contribution in [2.45, 2.75) is 12.8 Å². The van der Waals surface area contributed by atoms with Crippen LogP contribution in [-0.4, -0.2) is 54.0 Å². The van der Waals surface area contributed by atoms with Gasteiger partial charge in [0.15, 0.2) is 5.78 Å². The summed E-state index contributed by atoms with van der Waals surface area (Å²) in [6.45, 7) is 1.62. The Morgan fingerprint density at radius 3 is 2.35 bits per heavy atom. The van der Waals surface area contributed by atoms with E-state index >= 15 is 0 Å². The predicted octanol–water partition coefficient (Wildman–Crippen LogP) is 3.12. The molecule has 4 rings (SSSR count). The first-order chi connectivity index (χ1) is 16.6. The van der Waals surface area contributed by atoms with Gasteiger partial charge >= 0.3 is 6.01 Å². The molecule has 0 saturated carbocycles. The predicted molar refractivity (Wildman–Crippen MR) is 124 cm³/mol. The van der Waals surface area contributed by atoms with E-state index in [1.54, 1.807) is 42.5 Å². The number of hydrogen-bond donors (Lipinski definition) is 2. The number of hydrogen-bond acceptors (Lipinski definition) is 9. The summed E-state index contributed by atoms with van der Waals surface area (Å²) < 4.78 is 16.0. The van der Waals surface area contributed by atoms with Crippen molar-refractivity contribution in [1.29, 1.82) is 0 Å². The van der Waals surface area contributed by atoms with Gasteiger partial charge in [0, 0.05) is 5.92 Å². The third-order valence-corrected chi connectivity index (χ3v) is 5.36. The number of aromatic nitrogens is 3. The van der Waals surface area contributed by atoms with Gasteiger partial charge in [0.2, 0.25) is 11.8 Å². The Balaban J connectivity index is 1.52. The van der Waals surface area contributed by atoms with E-state index < -0.39 is 5.91 Å². The van der Waals surface area contributed by atoms with Gasteiger partial charge in [-0.25, -0.2) is 4.98 Å². The number of anilines is 1. The molecule has 0 radical (unpaired) electrons. The molecule has 0 unspecified atom stereocenters. The molecule has 10 heteroatoms. The van der Waals surface area contributed by atoms with Crippen molar-refractivity contribution >= 4 is 17.5 Å². The molecule has 0 aliphatic carbocycles. The van der Waals surface area contributed by atoms with E-state index in [1.165, 1.54) is 20.3 Å². The number of piperidine rings is 1. The number of amides is 1. The fourth-order valence-corrected chi connectivity index (χ4v) is 3.60. The first kappa shape index (κ1) is 23.1. The SMILES string of the molecule is COc1cc(OC)nc(Oc2ccccc2C(=O)Nc2cccc(C(=O)C3CCNCC3)n2)n1. The van der Waals surface area contributed by atoms with Crippen LogP contribution in [0.3, 0.4) is 0 Å². The molecule has 176 valence electrons.